The first kappa shape index (κ1) is 23.7. The molecule has 5 rings (SSSR count). The van der Waals surface area contributed by atoms with Crippen LogP contribution in [0.2, 0.25) is 5.02 Å². The first-order valence-electron chi connectivity index (χ1n) is 10.8. The van der Waals surface area contributed by atoms with Crippen molar-refractivity contribution in [2.75, 3.05) is 5.32 Å². The van der Waals surface area contributed by atoms with Gasteiger partial charge in [-0.15, -0.1) is 11.3 Å². The smallest absolute Gasteiger partial charge is 0.310 e. The molecule has 0 unspecified atom stereocenters. The molecule has 0 aliphatic carbocycles. The van der Waals surface area contributed by atoms with Gasteiger partial charge in [0.05, 0.1) is 17.0 Å². The van der Waals surface area contributed by atoms with E-state index in [0.717, 1.165) is 5.39 Å². The Morgan fingerprint density at radius 2 is 1.92 bits per heavy atom. The number of halogens is 2. The molecule has 7 nitrogen and oxygen atoms in total. The summed E-state index contributed by atoms with van der Waals surface area (Å²) in [5.74, 6) is 0.123. The van der Waals surface area contributed by atoms with Crippen LogP contribution in [-0.4, -0.2) is 26.0 Å². The highest BCUT2D eigenvalue weighted by atomic mass is 35.5. The number of carboxylic acids is 1. The maximum absolute atomic E-state index is 13.4. The molecular weight excluding hydrogens is 503 g/mol. The summed E-state index contributed by atoms with van der Waals surface area (Å²) in [5.41, 5.74) is 2.59. The number of carboxylic acid groups (broad SMARTS) is 1. The van der Waals surface area contributed by atoms with Gasteiger partial charge >= 0.3 is 5.97 Å². The summed E-state index contributed by atoms with van der Waals surface area (Å²) >= 11 is 7.71. The first-order chi connectivity index (χ1) is 17.4. The van der Waals surface area contributed by atoms with Crippen LogP contribution in [-0.2, 0) is 17.8 Å². The Morgan fingerprint density at radius 1 is 1.06 bits per heavy atom. The summed E-state index contributed by atoms with van der Waals surface area (Å²) in [4.78, 5) is 24.7. The number of nitrogens with zero attached hydrogens (tertiary/aromatic N) is 3. The van der Waals surface area contributed by atoms with E-state index >= 15 is 0 Å². The Morgan fingerprint density at radius 3 is 2.72 bits per heavy atom. The van der Waals surface area contributed by atoms with Crippen LogP contribution in [0.25, 0.3) is 22.4 Å². The zero-order valence-electron chi connectivity index (χ0n) is 18.6. The van der Waals surface area contributed by atoms with Gasteiger partial charge in [0.25, 0.3) is 0 Å². The maximum Gasteiger partial charge on any atom is 0.310 e. The number of ether oxygens (including phenoxy) is 1. The van der Waals surface area contributed by atoms with Gasteiger partial charge in [-0.2, -0.15) is 0 Å². The Hall–Kier alpha value is -4.08. The lowest BCUT2D eigenvalue weighted by Gasteiger charge is -2.13. The van der Waals surface area contributed by atoms with Crippen LogP contribution in [0, 0.1) is 5.82 Å². The molecule has 2 aromatic heterocycles. The molecule has 36 heavy (non-hydrogen) atoms. The van der Waals surface area contributed by atoms with Crippen LogP contribution in [0.15, 0.2) is 72.1 Å². The van der Waals surface area contributed by atoms with Crippen molar-refractivity contribution in [2.45, 2.75) is 13.0 Å². The van der Waals surface area contributed by atoms with Crippen molar-refractivity contribution < 1.29 is 19.0 Å². The molecule has 2 N–H and O–H groups in total. The van der Waals surface area contributed by atoms with E-state index in [0.29, 0.717) is 49.9 Å². The first-order valence-corrected chi connectivity index (χ1v) is 12.1. The molecule has 5 aromatic rings. The second-order valence-electron chi connectivity index (χ2n) is 7.80. The fraction of sp³-hybridized carbons (Fsp3) is 0.0769. The van der Waals surface area contributed by atoms with Crippen molar-refractivity contribution in [1.82, 2.24) is 15.0 Å². The van der Waals surface area contributed by atoms with Gasteiger partial charge in [-0.3, -0.25) is 4.79 Å². The number of thiazole rings is 1. The van der Waals surface area contributed by atoms with Gasteiger partial charge in [0.1, 0.15) is 34.7 Å². The number of para-hydroxylation sites is 1. The third-order valence-electron chi connectivity index (χ3n) is 5.16. The standard InChI is InChI=1S/C26H18ClFN4O3S/c27-19-11-17(8-9-22(19)35-13-15-4-3-5-16(28)10-15)29-25-18-6-1-2-7-20(18)31-26(32-25)21-14-36-23(30-21)12-24(33)34/h1-11,14H,12-13H2,(H,33,34)(H,29,31,32). The molecule has 0 aliphatic rings. The molecule has 3 aromatic carbocycles. The number of aliphatic carboxylic acids is 1. The molecule has 0 aliphatic heterocycles. The van der Waals surface area contributed by atoms with Crippen molar-refractivity contribution in [3.8, 4) is 17.3 Å². The highest BCUT2D eigenvalue weighted by Gasteiger charge is 2.14. The molecule has 0 saturated carbocycles. The zero-order valence-corrected chi connectivity index (χ0v) is 20.2. The molecule has 10 heteroatoms. The van der Waals surface area contributed by atoms with Gasteiger partial charge in [-0.25, -0.2) is 19.3 Å². The van der Waals surface area contributed by atoms with Crippen LogP contribution in [0.4, 0.5) is 15.9 Å². The number of nitrogens with one attached hydrogen (secondary N) is 1. The number of aromatic nitrogens is 3. The third kappa shape index (κ3) is 5.42. The van der Waals surface area contributed by atoms with Crippen molar-refractivity contribution in [2.24, 2.45) is 0 Å². The minimum atomic E-state index is -0.946. The van der Waals surface area contributed by atoms with E-state index in [9.17, 15) is 9.18 Å². The minimum absolute atomic E-state index is 0.157. The van der Waals surface area contributed by atoms with E-state index in [1.165, 1.54) is 23.5 Å². The molecule has 0 radical (unpaired) electrons. The average Bonchev–Trinajstić information content (AvgIpc) is 3.31. The monoisotopic (exact) mass is 520 g/mol. The number of hydrogen-bond acceptors (Lipinski definition) is 7. The third-order valence-corrected chi connectivity index (χ3v) is 6.31. The molecule has 0 bridgehead atoms. The largest absolute Gasteiger partial charge is 0.487 e. The van der Waals surface area contributed by atoms with Gasteiger partial charge in [0.2, 0.25) is 0 Å². The number of rotatable bonds is 8. The van der Waals surface area contributed by atoms with Crippen molar-refractivity contribution in [1.29, 1.82) is 0 Å². The van der Waals surface area contributed by atoms with Crippen LogP contribution >= 0.6 is 22.9 Å². The highest BCUT2D eigenvalue weighted by molar-refractivity contribution is 7.10. The molecule has 180 valence electrons. The van der Waals surface area contributed by atoms with Gasteiger partial charge in [0.15, 0.2) is 5.82 Å². The molecule has 0 amide bonds. The van der Waals surface area contributed by atoms with Crippen LogP contribution in [0.1, 0.15) is 10.6 Å². The molecule has 0 fully saturated rings. The van der Waals surface area contributed by atoms with E-state index in [1.807, 2.05) is 24.3 Å². The average molecular weight is 521 g/mol. The fourth-order valence-corrected chi connectivity index (χ4v) is 4.53. The summed E-state index contributed by atoms with van der Waals surface area (Å²) in [6.45, 7) is 0.182. The normalized spacial score (nSPS) is 10.9. The number of carbonyl (C=O) groups is 1. The lowest BCUT2D eigenvalue weighted by molar-refractivity contribution is -0.136. The number of fused-ring (bicyclic) bond motifs is 1. The predicted molar refractivity (Wildman–Crippen MR) is 137 cm³/mol. The van der Waals surface area contributed by atoms with Crippen LogP contribution < -0.4 is 10.1 Å². The quantitative estimate of drug-likeness (QED) is 0.241. The molecular formula is C26H18ClFN4O3S. The molecule has 0 saturated heterocycles. The topological polar surface area (TPSA) is 97.2 Å². The van der Waals surface area contributed by atoms with Crippen molar-refractivity contribution >= 4 is 51.3 Å². The van der Waals surface area contributed by atoms with E-state index in [1.54, 1.807) is 35.7 Å². The minimum Gasteiger partial charge on any atom is -0.487 e. The Balaban J connectivity index is 1.40. The van der Waals surface area contributed by atoms with Gasteiger partial charge < -0.3 is 15.2 Å². The summed E-state index contributed by atoms with van der Waals surface area (Å²) < 4.78 is 19.2. The maximum atomic E-state index is 13.4. The highest BCUT2D eigenvalue weighted by Crippen LogP contribution is 2.32. The Bertz CT molecular complexity index is 1580. The van der Waals surface area contributed by atoms with E-state index in [4.69, 9.17) is 21.4 Å². The summed E-state index contributed by atoms with van der Waals surface area (Å²) in [5, 5.41) is 15.7. The van der Waals surface area contributed by atoms with Gasteiger partial charge in [-0.1, -0.05) is 35.9 Å². The zero-order chi connectivity index (χ0) is 25.1. The number of benzene rings is 3. The Labute approximate surface area is 214 Å². The molecule has 0 atom stereocenters. The second kappa shape index (κ2) is 10.3. The fourth-order valence-electron chi connectivity index (χ4n) is 3.53. The van der Waals surface area contributed by atoms with E-state index in [2.05, 4.69) is 20.3 Å². The number of hydrogen-bond donors (Lipinski definition) is 2. The predicted octanol–water partition coefficient (Wildman–Crippen LogP) is 6.50. The van der Waals surface area contributed by atoms with Crippen LogP contribution in [0.5, 0.6) is 5.75 Å². The molecule has 2 heterocycles. The van der Waals surface area contributed by atoms with E-state index in [-0.39, 0.29) is 18.8 Å². The number of anilines is 2. The summed E-state index contributed by atoms with van der Waals surface area (Å²) in [6, 6.07) is 19.0. The summed E-state index contributed by atoms with van der Waals surface area (Å²) in [6.07, 6.45) is -0.157. The van der Waals surface area contributed by atoms with Crippen LogP contribution in [0.3, 0.4) is 0 Å². The van der Waals surface area contributed by atoms with Crippen molar-refractivity contribution in [3.63, 3.8) is 0 Å². The lowest BCUT2D eigenvalue weighted by Crippen LogP contribution is -2.01. The molecule has 0 spiro atoms. The summed E-state index contributed by atoms with van der Waals surface area (Å²) in [7, 11) is 0. The SMILES string of the molecule is O=C(O)Cc1nc(-c2nc(Nc3ccc(OCc4cccc(F)c4)c(Cl)c3)c3ccccc3n2)cs1. The lowest BCUT2D eigenvalue weighted by atomic mass is 10.2. The Kier molecular flexibility index (Phi) is 6.75. The van der Waals surface area contributed by atoms with Crippen molar-refractivity contribution in [3.05, 3.63) is 93.5 Å². The van der Waals surface area contributed by atoms with Gasteiger partial charge in [0, 0.05) is 16.5 Å². The van der Waals surface area contributed by atoms with E-state index < -0.39 is 5.97 Å². The second-order valence-corrected chi connectivity index (χ2v) is 9.15. The van der Waals surface area contributed by atoms with Gasteiger partial charge in [-0.05, 0) is 48.0 Å².